The molecule has 0 radical (unpaired) electrons. The third kappa shape index (κ3) is 10.1. The molecule has 0 atom stereocenters. The summed E-state index contributed by atoms with van der Waals surface area (Å²) in [5.74, 6) is 0. The summed E-state index contributed by atoms with van der Waals surface area (Å²) in [6, 6.07) is 68.8. The van der Waals surface area contributed by atoms with Crippen molar-refractivity contribution in [2.75, 3.05) is 9.80 Å². The minimum absolute atomic E-state index is 0.0421. The molecule has 13 rings (SSSR count). The van der Waals surface area contributed by atoms with Gasteiger partial charge in [0.25, 0.3) is 6.71 Å². The molecule has 0 bridgehead atoms. The second kappa shape index (κ2) is 20.8. The molecule has 0 aliphatic carbocycles. The summed E-state index contributed by atoms with van der Waals surface area (Å²) in [6.07, 6.45) is -4.78. The largest absolute Gasteiger partial charge is 0.415 e. The number of hydrogen-bond acceptors (Lipinski definition) is 3. The molecule has 0 spiro atoms. The Morgan fingerprint density at radius 3 is 1.46 bits per heavy atom. The van der Waals surface area contributed by atoms with Gasteiger partial charge in [-0.2, -0.15) is 18.4 Å². The Bertz CT molecular complexity index is 4610. The molecule has 89 heavy (non-hydrogen) atoms. The Balaban J connectivity index is 1.11. The molecule has 11 aromatic rings. The van der Waals surface area contributed by atoms with E-state index < -0.39 is 11.7 Å². The molecule has 3 heterocycles. The van der Waals surface area contributed by atoms with E-state index in [9.17, 15) is 5.26 Å². The maximum atomic E-state index is 15.5. The van der Waals surface area contributed by atoms with Gasteiger partial charge in [0.05, 0.1) is 40.5 Å². The van der Waals surface area contributed by atoms with Crippen molar-refractivity contribution in [3.05, 3.63) is 244 Å². The van der Waals surface area contributed by atoms with Gasteiger partial charge in [-0.15, -0.1) is 0 Å². The number of aryl methyl sites for hydroxylation is 1. The van der Waals surface area contributed by atoms with Crippen LogP contribution in [0, 0.1) is 24.8 Å². The molecule has 0 fully saturated rings. The first-order valence-electron chi connectivity index (χ1n) is 30.7. The van der Waals surface area contributed by atoms with Crippen LogP contribution in [0.4, 0.5) is 53.0 Å². The van der Waals surface area contributed by atoms with E-state index in [1.807, 2.05) is 49.4 Å². The molecule has 5 nitrogen and oxygen atoms in total. The van der Waals surface area contributed by atoms with Crippen LogP contribution in [0.2, 0.25) is 0 Å². The van der Waals surface area contributed by atoms with Crippen LogP contribution in [0.5, 0.6) is 0 Å². The lowest BCUT2D eigenvalue weighted by Crippen LogP contribution is -2.61. The number of nitriles is 1. The Morgan fingerprint density at radius 2 is 0.944 bits per heavy atom. The van der Waals surface area contributed by atoms with Crippen molar-refractivity contribution in [3.63, 3.8) is 0 Å². The smallest absolute Gasteiger partial charge is 0.311 e. The maximum absolute atomic E-state index is 15.5. The lowest BCUT2D eigenvalue weighted by Gasteiger charge is -2.45. The highest BCUT2D eigenvalue weighted by Crippen LogP contribution is 2.50. The van der Waals surface area contributed by atoms with Crippen LogP contribution in [0.25, 0.3) is 65.7 Å². The quantitative estimate of drug-likeness (QED) is 0.123. The highest BCUT2D eigenvalue weighted by molar-refractivity contribution is 7.00. The van der Waals surface area contributed by atoms with E-state index in [1.165, 1.54) is 50.8 Å². The molecule has 10 aromatic carbocycles. The normalized spacial score (nSPS) is 13.3. The monoisotopic (exact) mass is 1170 g/mol. The highest BCUT2D eigenvalue weighted by Gasteiger charge is 2.44. The molecule has 1 aromatic heterocycles. The van der Waals surface area contributed by atoms with E-state index in [1.54, 1.807) is 12.1 Å². The topological polar surface area (TPSA) is 39.6 Å². The molecule has 440 valence electrons. The predicted octanol–water partition coefficient (Wildman–Crippen LogP) is 20.8. The van der Waals surface area contributed by atoms with Crippen LogP contribution >= 0.6 is 0 Å². The third-order valence-electron chi connectivity index (χ3n) is 18.3. The zero-order chi connectivity index (χ0) is 63.0. The van der Waals surface area contributed by atoms with Crippen LogP contribution in [0.3, 0.4) is 0 Å². The second-order valence-electron chi connectivity index (χ2n) is 28.5. The molecule has 0 amide bonds. The van der Waals surface area contributed by atoms with Gasteiger partial charge >= 0.3 is 6.18 Å². The summed E-state index contributed by atoms with van der Waals surface area (Å²) >= 11 is 0. The number of para-hydroxylation sites is 3. The molecule has 0 saturated carbocycles. The summed E-state index contributed by atoms with van der Waals surface area (Å²) in [7, 11) is 0. The van der Waals surface area contributed by atoms with E-state index in [0.29, 0.717) is 22.4 Å². The number of nitrogens with zero attached hydrogens (tertiary/aromatic N) is 5. The fraction of sp³-hybridized carbons (Fsp3) is 0.225. The molecule has 0 saturated heterocycles. The number of anilines is 6. The van der Waals surface area contributed by atoms with E-state index >= 15 is 13.2 Å². The van der Waals surface area contributed by atoms with Gasteiger partial charge in [0.15, 0.2) is 5.69 Å². The lowest BCUT2D eigenvalue weighted by atomic mass is 9.33. The molecular formula is C80H71BF3N5. The van der Waals surface area contributed by atoms with Crippen molar-refractivity contribution in [2.45, 2.75) is 118 Å². The number of halogens is 3. The lowest BCUT2D eigenvalue weighted by molar-refractivity contribution is -0.137. The number of fused-ring (bicyclic) bond motifs is 7. The second-order valence-corrected chi connectivity index (χ2v) is 28.5. The molecule has 0 unspecified atom stereocenters. The maximum Gasteiger partial charge on any atom is 0.415 e. The van der Waals surface area contributed by atoms with Gasteiger partial charge in [0.1, 0.15) is 0 Å². The van der Waals surface area contributed by atoms with E-state index in [-0.39, 0.29) is 39.6 Å². The van der Waals surface area contributed by atoms with Crippen molar-refractivity contribution in [2.24, 2.45) is 0 Å². The average Bonchev–Trinajstić information content (AvgIpc) is 1.18. The molecule has 2 aliphatic heterocycles. The van der Waals surface area contributed by atoms with Gasteiger partial charge in [0.2, 0.25) is 0 Å². The Hall–Kier alpha value is -9.57. The number of alkyl halides is 3. The van der Waals surface area contributed by atoms with Crippen molar-refractivity contribution < 1.29 is 13.2 Å². The minimum Gasteiger partial charge on any atom is -0.311 e. The van der Waals surface area contributed by atoms with Crippen molar-refractivity contribution in [1.29, 1.82) is 5.26 Å². The van der Waals surface area contributed by atoms with Crippen LogP contribution in [0.1, 0.15) is 122 Å². The van der Waals surface area contributed by atoms with Gasteiger partial charge in [0, 0.05) is 50.5 Å². The molecular weight excluding hydrogens is 1100 g/mol. The van der Waals surface area contributed by atoms with Crippen LogP contribution in [-0.2, 0) is 27.8 Å². The summed E-state index contributed by atoms with van der Waals surface area (Å²) in [5, 5.41) is 11.6. The third-order valence-corrected chi connectivity index (χ3v) is 18.3. The summed E-state index contributed by atoms with van der Waals surface area (Å²) in [4.78, 5) is 8.46. The first-order chi connectivity index (χ1) is 42.1. The minimum atomic E-state index is -4.78. The summed E-state index contributed by atoms with van der Waals surface area (Å²) < 4.78 is 48.6. The highest BCUT2D eigenvalue weighted by atomic mass is 19.4. The standard InChI is InChI=1S/C80H71BF3N5/c1-48-35-49(47-85)27-31-60(48)51-29-34-69(63(37-51)61-32-30-57(86-14)46-65(61)80(82,83)84)89-68-24-18-15-21-62(68)64-36-50(28-33-70(64)89)52-38-73-75-74(39-52)88(59-44-55(78(8,9)10)41-56(45-59)79(11,12)13)72-26-20-17-23-67(72)81(75)66-22-16-19-25-71(66)87(73)58-42-53(76(2,3)4)40-54(43-58)77(5,6)7/h15-46H,1-13H3. The van der Waals surface area contributed by atoms with Crippen molar-refractivity contribution >= 4 is 84.7 Å². The first kappa shape index (κ1) is 58.5. The number of rotatable bonds is 6. The van der Waals surface area contributed by atoms with Crippen LogP contribution < -0.4 is 26.2 Å². The first-order valence-corrected chi connectivity index (χ1v) is 30.7. The van der Waals surface area contributed by atoms with Gasteiger partial charge < -0.3 is 14.4 Å². The fourth-order valence-electron chi connectivity index (χ4n) is 13.5. The number of aromatic nitrogens is 1. The number of benzene rings is 10. The van der Waals surface area contributed by atoms with Gasteiger partial charge in [-0.05, 0) is 198 Å². The van der Waals surface area contributed by atoms with Crippen molar-refractivity contribution in [3.8, 4) is 45.1 Å². The summed E-state index contributed by atoms with van der Waals surface area (Å²) in [6.45, 7) is 37.0. The van der Waals surface area contributed by atoms with Gasteiger partial charge in [-0.1, -0.05) is 180 Å². The van der Waals surface area contributed by atoms with Crippen molar-refractivity contribution in [1.82, 2.24) is 4.57 Å². The number of hydrogen-bond donors (Lipinski definition) is 0. The molecule has 9 heteroatoms. The Labute approximate surface area is 522 Å². The van der Waals surface area contributed by atoms with Crippen LogP contribution in [0.15, 0.2) is 194 Å². The zero-order valence-corrected chi connectivity index (χ0v) is 52.9. The van der Waals surface area contributed by atoms with E-state index in [0.717, 1.165) is 84.3 Å². The van der Waals surface area contributed by atoms with E-state index in [4.69, 9.17) is 6.57 Å². The summed E-state index contributed by atoms with van der Waals surface area (Å²) in [5.41, 5.74) is 21.0. The molecule has 0 N–H and O–H groups in total. The Kier molecular flexibility index (Phi) is 13.6. The SMILES string of the molecule is [C-]#[N+]c1ccc(-c2cc(-c3ccc(C#N)cc3C)ccc2-n2c3ccccc3c3cc(-c4cc5c6c(c4)N(c4cc(C(C)(C)C)cc(C(C)(C)C)c4)c4ccccc4B6c4ccccc4N5c4cc(C(C)(C)C)cc(C(C)(C)C)c4)ccc32)c(C(F)(F)F)c1. The average molecular weight is 1170 g/mol. The van der Waals surface area contributed by atoms with Gasteiger partial charge in [-0.25, -0.2) is 4.85 Å². The van der Waals surface area contributed by atoms with Gasteiger partial charge in [-0.3, -0.25) is 0 Å². The van der Waals surface area contributed by atoms with E-state index in [2.05, 4.69) is 230 Å². The predicted molar refractivity (Wildman–Crippen MR) is 367 cm³/mol. The zero-order valence-electron chi connectivity index (χ0n) is 52.9. The fourth-order valence-corrected chi connectivity index (χ4v) is 13.5. The Morgan fingerprint density at radius 1 is 0.438 bits per heavy atom. The van der Waals surface area contributed by atoms with Crippen LogP contribution in [-0.4, -0.2) is 11.3 Å². The molecule has 2 aliphatic rings.